The van der Waals surface area contributed by atoms with Gasteiger partial charge in [-0.2, -0.15) is 0 Å². The first-order valence-electron chi connectivity index (χ1n) is 10.3. The van der Waals surface area contributed by atoms with Crippen LogP contribution in [0, 0.1) is 0 Å². The Morgan fingerprint density at radius 1 is 0.941 bits per heavy atom. The SMILES string of the molecule is COc1ccc(-n2c(SCC(=O)NNC(=S)Nc3ccccc3)nnc2-c2ccccc2)cc1. The fraction of sp³-hybridized carbons (Fsp3) is 0.0833. The van der Waals surface area contributed by atoms with E-state index in [0.717, 1.165) is 22.7 Å². The lowest BCUT2D eigenvalue weighted by molar-refractivity contribution is -0.119. The number of rotatable bonds is 7. The maximum Gasteiger partial charge on any atom is 0.248 e. The van der Waals surface area contributed by atoms with Crippen LogP contribution in [0.3, 0.4) is 0 Å². The van der Waals surface area contributed by atoms with Crippen LogP contribution in [0.5, 0.6) is 5.75 Å². The van der Waals surface area contributed by atoms with Gasteiger partial charge in [0.05, 0.1) is 12.9 Å². The normalized spacial score (nSPS) is 10.4. The Morgan fingerprint density at radius 3 is 2.29 bits per heavy atom. The average molecular weight is 491 g/mol. The molecule has 0 aliphatic heterocycles. The number of nitrogens with zero attached hydrogens (tertiary/aromatic N) is 3. The molecule has 0 atom stereocenters. The summed E-state index contributed by atoms with van der Waals surface area (Å²) in [6, 6.07) is 26.8. The van der Waals surface area contributed by atoms with Crippen LogP contribution >= 0.6 is 24.0 Å². The Hall–Kier alpha value is -3.89. The maximum atomic E-state index is 12.4. The number of thiocarbonyl (C=S) groups is 1. The molecule has 1 aromatic heterocycles. The molecule has 3 N–H and O–H groups in total. The van der Waals surface area contributed by atoms with E-state index in [-0.39, 0.29) is 16.8 Å². The molecule has 172 valence electrons. The molecule has 0 bridgehead atoms. The minimum atomic E-state index is -0.257. The Kier molecular flexibility index (Phi) is 7.74. The van der Waals surface area contributed by atoms with Crippen LogP contribution in [0.4, 0.5) is 5.69 Å². The summed E-state index contributed by atoms with van der Waals surface area (Å²) in [6.45, 7) is 0. The van der Waals surface area contributed by atoms with Gasteiger partial charge in [0.15, 0.2) is 16.1 Å². The van der Waals surface area contributed by atoms with Crippen LogP contribution in [-0.2, 0) is 4.79 Å². The third-order valence-electron chi connectivity index (χ3n) is 4.68. The van der Waals surface area contributed by atoms with Crippen LogP contribution < -0.4 is 20.9 Å². The average Bonchev–Trinajstić information content (AvgIpc) is 3.31. The van der Waals surface area contributed by atoms with E-state index in [1.807, 2.05) is 89.5 Å². The molecular formula is C24H22N6O2S2. The van der Waals surface area contributed by atoms with Gasteiger partial charge >= 0.3 is 0 Å². The van der Waals surface area contributed by atoms with Crippen molar-refractivity contribution in [2.24, 2.45) is 0 Å². The summed E-state index contributed by atoms with van der Waals surface area (Å²) in [5, 5.41) is 12.6. The minimum Gasteiger partial charge on any atom is -0.497 e. The number of carbonyl (C=O) groups excluding carboxylic acids is 1. The molecule has 1 heterocycles. The largest absolute Gasteiger partial charge is 0.497 e. The minimum absolute atomic E-state index is 0.115. The van der Waals surface area contributed by atoms with Gasteiger partial charge in [0.1, 0.15) is 5.75 Å². The lowest BCUT2D eigenvalue weighted by Crippen LogP contribution is -2.44. The van der Waals surface area contributed by atoms with Gasteiger partial charge in [0.2, 0.25) is 5.91 Å². The van der Waals surface area contributed by atoms with Crippen molar-refractivity contribution in [2.75, 3.05) is 18.2 Å². The second-order valence-electron chi connectivity index (χ2n) is 6.99. The van der Waals surface area contributed by atoms with Crippen LogP contribution in [0.1, 0.15) is 0 Å². The van der Waals surface area contributed by atoms with Crippen molar-refractivity contribution in [1.82, 2.24) is 25.6 Å². The van der Waals surface area contributed by atoms with Gasteiger partial charge in [-0.25, -0.2) is 0 Å². The summed E-state index contributed by atoms with van der Waals surface area (Å²) < 4.78 is 7.19. The maximum absolute atomic E-state index is 12.4. The number of thioether (sulfide) groups is 1. The summed E-state index contributed by atoms with van der Waals surface area (Å²) >= 11 is 6.49. The lowest BCUT2D eigenvalue weighted by Gasteiger charge is -2.12. The molecule has 0 saturated carbocycles. The molecule has 0 spiro atoms. The van der Waals surface area contributed by atoms with Crippen LogP contribution in [0.2, 0.25) is 0 Å². The van der Waals surface area contributed by atoms with Gasteiger partial charge in [-0.15, -0.1) is 10.2 Å². The third kappa shape index (κ3) is 5.91. The number of para-hydroxylation sites is 1. The van der Waals surface area contributed by atoms with E-state index in [1.54, 1.807) is 7.11 Å². The highest BCUT2D eigenvalue weighted by molar-refractivity contribution is 7.99. The predicted molar refractivity (Wildman–Crippen MR) is 138 cm³/mol. The van der Waals surface area contributed by atoms with E-state index in [9.17, 15) is 4.79 Å². The predicted octanol–water partition coefficient (Wildman–Crippen LogP) is 4.05. The van der Waals surface area contributed by atoms with Gasteiger partial charge in [-0.05, 0) is 48.6 Å². The summed E-state index contributed by atoms with van der Waals surface area (Å²) in [5.41, 5.74) is 7.91. The van der Waals surface area contributed by atoms with Crippen molar-refractivity contribution in [1.29, 1.82) is 0 Å². The highest BCUT2D eigenvalue weighted by Gasteiger charge is 2.17. The van der Waals surface area contributed by atoms with Crippen LogP contribution in [0.15, 0.2) is 90.1 Å². The van der Waals surface area contributed by atoms with E-state index in [0.29, 0.717) is 11.0 Å². The summed E-state index contributed by atoms with van der Waals surface area (Å²) in [5.74, 6) is 1.29. The monoisotopic (exact) mass is 490 g/mol. The van der Waals surface area contributed by atoms with E-state index in [4.69, 9.17) is 17.0 Å². The summed E-state index contributed by atoms with van der Waals surface area (Å²) in [6.07, 6.45) is 0. The number of hydrogen-bond donors (Lipinski definition) is 3. The van der Waals surface area contributed by atoms with Crippen molar-refractivity contribution in [3.8, 4) is 22.8 Å². The number of benzene rings is 3. The number of hydrazine groups is 1. The Labute approximate surface area is 206 Å². The number of methoxy groups -OCH3 is 1. The molecule has 3 aromatic carbocycles. The molecule has 4 aromatic rings. The first kappa shape index (κ1) is 23.3. The van der Waals surface area contributed by atoms with E-state index >= 15 is 0 Å². The number of hydrogen-bond acceptors (Lipinski definition) is 6. The van der Waals surface area contributed by atoms with Crippen molar-refractivity contribution >= 4 is 40.7 Å². The number of aromatic nitrogens is 3. The molecule has 0 saturated heterocycles. The van der Waals surface area contributed by atoms with Gasteiger partial charge in [0, 0.05) is 16.9 Å². The van der Waals surface area contributed by atoms with Crippen molar-refractivity contribution in [2.45, 2.75) is 5.16 Å². The highest BCUT2D eigenvalue weighted by Crippen LogP contribution is 2.28. The van der Waals surface area contributed by atoms with Crippen LogP contribution in [0.25, 0.3) is 17.1 Å². The molecular weight excluding hydrogens is 468 g/mol. The molecule has 8 nitrogen and oxygen atoms in total. The van der Waals surface area contributed by atoms with Gasteiger partial charge < -0.3 is 10.1 Å². The van der Waals surface area contributed by atoms with E-state index < -0.39 is 0 Å². The standard InChI is InChI=1S/C24H22N6O2S2/c1-32-20-14-12-19(13-15-20)30-22(17-8-4-2-5-9-17)27-29-24(30)34-16-21(31)26-28-23(33)25-18-10-6-3-7-11-18/h2-15H,16H2,1H3,(H,26,31)(H2,25,28,33). The first-order valence-corrected chi connectivity index (χ1v) is 11.7. The smallest absolute Gasteiger partial charge is 0.248 e. The Bertz CT molecular complexity index is 1250. The van der Waals surface area contributed by atoms with Gasteiger partial charge in [-0.1, -0.05) is 60.3 Å². The zero-order valence-electron chi connectivity index (χ0n) is 18.3. The quantitative estimate of drug-likeness (QED) is 0.203. The van der Waals surface area contributed by atoms with Crippen molar-refractivity contribution in [3.63, 3.8) is 0 Å². The number of anilines is 1. The zero-order chi connectivity index (χ0) is 23.8. The second kappa shape index (κ2) is 11.3. The number of nitrogens with one attached hydrogen (secondary N) is 3. The molecule has 1 amide bonds. The highest BCUT2D eigenvalue weighted by atomic mass is 32.2. The van der Waals surface area contributed by atoms with Crippen molar-refractivity contribution < 1.29 is 9.53 Å². The third-order valence-corrected chi connectivity index (χ3v) is 5.81. The molecule has 0 unspecified atom stereocenters. The Balaban J connectivity index is 1.44. The van der Waals surface area contributed by atoms with Crippen molar-refractivity contribution in [3.05, 3.63) is 84.9 Å². The zero-order valence-corrected chi connectivity index (χ0v) is 19.9. The Morgan fingerprint density at radius 2 is 1.62 bits per heavy atom. The number of ether oxygens (including phenoxy) is 1. The van der Waals surface area contributed by atoms with E-state index in [1.165, 1.54) is 11.8 Å². The number of carbonyl (C=O) groups is 1. The summed E-state index contributed by atoms with van der Waals surface area (Å²) in [7, 11) is 1.62. The molecule has 4 rings (SSSR count). The van der Waals surface area contributed by atoms with Gasteiger partial charge in [-0.3, -0.25) is 20.2 Å². The first-order chi connectivity index (χ1) is 16.6. The van der Waals surface area contributed by atoms with Crippen LogP contribution in [-0.4, -0.2) is 38.6 Å². The topological polar surface area (TPSA) is 93.1 Å². The molecule has 0 fully saturated rings. The second-order valence-corrected chi connectivity index (χ2v) is 8.34. The fourth-order valence-corrected chi connectivity index (χ4v) is 4.00. The fourth-order valence-electron chi connectivity index (χ4n) is 3.08. The summed E-state index contributed by atoms with van der Waals surface area (Å²) in [4.78, 5) is 12.4. The van der Waals surface area contributed by atoms with Gasteiger partial charge in [0.25, 0.3) is 0 Å². The molecule has 0 aliphatic carbocycles. The molecule has 10 heteroatoms. The molecule has 0 radical (unpaired) electrons. The molecule has 0 aliphatic rings. The lowest BCUT2D eigenvalue weighted by atomic mass is 10.2. The number of amides is 1. The van der Waals surface area contributed by atoms with E-state index in [2.05, 4.69) is 26.4 Å². The molecule has 34 heavy (non-hydrogen) atoms.